The molecule has 2 aromatic heterocycles. The number of aliphatic hydroxyl groups excluding tert-OH is 1. The standard InChI is InChI=1S/C26H28ClN3O3S/c27-17-11-16-3-1-9-29(18-4-7-26(14-18)6-2-10-30(26)25(32)33)23(16)21(12-17)20-5-8-28-22-13-19(15-31)34-24(20)22/h5,8,11-13,18,31H,1-4,6-7,9-10,14-15H2,(H,32,33)/t18-,26-/m1/s1. The highest BCUT2D eigenvalue weighted by molar-refractivity contribution is 7.19. The number of pyridine rings is 1. The number of carbonyl (C=O) groups is 1. The molecular formula is C26H28ClN3O3S. The number of fused-ring (bicyclic) bond motifs is 2. The quantitative estimate of drug-likeness (QED) is 0.469. The van der Waals surface area contributed by atoms with E-state index >= 15 is 0 Å². The van der Waals surface area contributed by atoms with E-state index in [0.717, 1.165) is 82.7 Å². The fourth-order valence-corrected chi connectivity index (χ4v) is 7.88. The number of likely N-dealkylation sites (tertiary alicyclic amines) is 1. The number of benzene rings is 1. The molecule has 6 nitrogen and oxygen atoms in total. The number of anilines is 1. The molecule has 2 fully saturated rings. The minimum atomic E-state index is -0.777. The number of hydrogen-bond acceptors (Lipinski definition) is 5. The monoisotopic (exact) mass is 497 g/mol. The Hall–Kier alpha value is -2.35. The van der Waals surface area contributed by atoms with Crippen molar-refractivity contribution in [2.75, 3.05) is 18.0 Å². The lowest BCUT2D eigenvalue weighted by Crippen LogP contribution is -2.47. The molecule has 1 saturated heterocycles. The van der Waals surface area contributed by atoms with Crippen LogP contribution >= 0.6 is 22.9 Å². The maximum Gasteiger partial charge on any atom is 0.407 e. The van der Waals surface area contributed by atoms with Crippen molar-refractivity contribution < 1.29 is 15.0 Å². The van der Waals surface area contributed by atoms with Gasteiger partial charge in [0, 0.05) is 57.6 Å². The van der Waals surface area contributed by atoms with Crippen molar-refractivity contribution in [2.45, 2.75) is 63.1 Å². The average Bonchev–Trinajstić information content (AvgIpc) is 3.56. The Morgan fingerprint density at radius 1 is 1.21 bits per heavy atom. The highest BCUT2D eigenvalue weighted by Gasteiger charge is 2.50. The summed E-state index contributed by atoms with van der Waals surface area (Å²) in [5, 5.41) is 20.2. The molecule has 178 valence electrons. The Morgan fingerprint density at radius 2 is 2.09 bits per heavy atom. The summed E-state index contributed by atoms with van der Waals surface area (Å²) in [6.07, 6.45) is 7.86. The highest BCUT2D eigenvalue weighted by atomic mass is 35.5. The zero-order chi connectivity index (χ0) is 23.4. The Morgan fingerprint density at radius 3 is 2.91 bits per heavy atom. The summed E-state index contributed by atoms with van der Waals surface area (Å²) in [4.78, 5) is 21.6. The van der Waals surface area contributed by atoms with Gasteiger partial charge in [0.25, 0.3) is 0 Å². The summed E-state index contributed by atoms with van der Waals surface area (Å²) in [7, 11) is 0. The summed E-state index contributed by atoms with van der Waals surface area (Å²) in [6, 6.07) is 8.49. The predicted molar refractivity (Wildman–Crippen MR) is 136 cm³/mol. The number of aryl methyl sites for hydroxylation is 1. The van der Waals surface area contributed by atoms with Crippen molar-refractivity contribution in [1.29, 1.82) is 0 Å². The zero-order valence-corrected chi connectivity index (χ0v) is 20.5. The van der Waals surface area contributed by atoms with E-state index in [1.807, 2.05) is 12.3 Å². The Kier molecular flexibility index (Phi) is 5.47. The molecule has 0 radical (unpaired) electrons. The first-order chi connectivity index (χ1) is 16.5. The van der Waals surface area contributed by atoms with Crippen LogP contribution in [-0.2, 0) is 13.0 Å². The van der Waals surface area contributed by atoms with Gasteiger partial charge in [-0.1, -0.05) is 11.6 Å². The fourth-order valence-electron chi connectivity index (χ4n) is 6.64. The number of carboxylic acid groups (broad SMARTS) is 1. The third-order valence-electron chi connectivity index (χ3n) is 8.02. The van der Waals surface area contributed by atoms with Crippen LogP contribution in [0.4, 0.5) is 10.5 Å². The van der Waals surface area contributed by atoms with Gasteiger partial charge in [-0.15, -0.1) is 11.3 Å². The van der Waals surface area contributed by atoms with Crippen molar-refractivity contribution in [3.63, 3.8) is 0 Å². The molecule has 4 heterocycles. The SMILES string of the molecule is O=C(O)N1CCC[C@]12CC[C@@H](N1CCCc3cc(Cl)cc(-c4ccnc5cc(CO)sc45)c31)C2. The van der Waals surface area contributed by atoms with Gasteiger partial charge < -0.3 is 20.0 Å². The summed E-state index contributed by atoms with van der Waals surface area (Å²) in [5.74, 6) is 0. The van der Waals surface area contributed by atoms with Crippen LogP contribution in [0.25, 0.3) is 21.3 Å². The van der Waals surface area contributed by atoms with Gasteiger partial charge in [0.1, 0.15) is 0 Å². The summed E-state index contributed by atoms with van der Waals surface area (Å²) in [5.41, 5.74) is 5.40. The van der Waals surface area contributed by atoms with Gasteiger partial charge in [0.05, 0.1) is 16.8 Å². The molecule has 0 unspecified atom stereocenters. The Labute approximate surface area is 207 Å². The van der Waals surface area contributed by atoms with Gasteiger partial charge in [-0.05, 0) is 74.8 Å². The Balaban J connectivity index is 1.45. The van der Waals surface area contributed by atoms with Crippen LogP contribution in [0.5, 0.6) is 0 Å². The largest absolute Gasteiger partial charge is 0.465 e. The number of thiophene rings is 1. The molecule has 2 N–H and O–H groups in total. The van der Waals surface area contributed by atoms with Crippen LogP contribution in [0, 0.1) is 0 Å². The van der Waals surface area contributed by atoms with Crippen LogP contribution in [-0.4, -0.2) is 50.9 Å². The van der Waals surface area contributed by atoms with E-state index in [-0.39, 0.29) is 12.1 Å². The predicted octanol–water partition coefficient (Wildman–Crippen LogP) is 5.93. The van der Waals surface area contributed by atoms with Crippen molar-refractivity contribution >= 4 is 44.9 Å². The number of nitrogens with zero attached hydrogens (tertiary/aromatic N) is 3. The number of halogens is 1. The first kappa shape index (κ1) is 22.1. The molecule has 1 spiro atoms. The minimum absolute atomic E-state index is 0.00444. The van der Waals surface area contributed by atoms with Crippen LogP contribution in [0.1, 0.15) is 49.0 Å². The molecule has 1 amide bonds. The molecule has 2 aliphatic heterocycles. The van der Waals surface area contributed by atoms with Crippen LogP contribution in [0.15, 0.2) is 30.5 Å². The fraction of sp³-hybridized carbons (Fsp3) is 0.462. The van der Waals surface area contributed by atoms with Gasteiger partial charge in [-0.3, -0.25) is 4.98 Å². The van der Waals surface area contributed by atoms with E-state index in [1.54, 1.807) is 16.2 Å². The first-order valence-electron chi connectivity index (χ1n) is 12.1. The molecule has 6 rings (SSSR count). The van der Waals surface area contributed by atoms with Crippen molar-refractivity contribution in [1.82, 2.24) is 9.88 Å². The minimum Gasteiger partial charge on any atom is -0.465 e. The van der Waals surface area contributed by atoms with Crippen LogP contribution in [0.3, 0.4) is 0 Å². The zero-order valence-electron chi connectivity index (χ0n) is 19.0. The van der Waals surface area contributed by atoms with E-state index in [2.05, 4.69) is 28.1 Å². The van der Waals surface area contributed by atoms with E-state index in [1.165, 1.54) is 11.3 Å². The number of amides is 1. The summed E-state index contributed by atoms with van der Waals surface area (Å²) >= 11 is 8.21. The third-order valence-corrected chi connectivity index (χ3v) is 9.38. The molecule has 1 aromatic carbocycles. The smallest absolute Gasteiger partial charge is 0.407 e. The number of rotatable bonds is 3. The molecule has 34 heavy (non-hydrogen) atoms. The van der Waals surface area contributed by atoms with E-state index in [0.29, 0.717) is 12.6 Å². The van der Waals surface area contributed by atoms with E-state index in [4.69, 9.17) is 11.6 Å². The third kappa shape index (κ3) is 3.48. The molecule has 1 saturated carbocycles. The molecule has 3 aliphatic rings. The maximum atomic E-state index is 11.9. The number of aromatic nitrogens is 1. The second-order valence-corrected chi connectivity index (χ2v) is 11.4. The first-order valence-corrected chi connectivity index (χ1v) is 13.3. The van der Waals surface area contributed by atoms with Gasteiger partial charge in [0.2, 0.25) is 0 Å². The molecule has 3 aromatic rings. The molecule has 2 atom stereocenters. The second-order valence-electron chi connectivity index (χ2n) is 9.86. The topological polar surface area (TPSA) is 76.9 Å². The molecule has 0 bridgehead atoms. The van der Waals surface area contributed by atoms with Crippen molar-refractivity contribution in [3.05, 3.63) is 45.9 Å². The highest BCUT2D eigenvalue weighted by Crippen LogP contribution is 2.49. The Bertz CT molecular complexity index is 1280. The maximum absolute atomic E-state index is 11.9. The van der Waals surface area contributed by atoms with Gasteiger partial charge in [-0.25, -0.2) is 4.79 Å². The molecular weight excluding hydrogens is 470 g/mol. The van der Waals surface area contributed by atoms with Crippen LogP contribution in [0.2, 0.25) is 5.02 Å². The van der Waals surface area contributed by atoms with Gasteiger partial charge in [0.15, 0.2) is 0 Å². The van der Waals surface area contributed by atoms with E-state index in [9.17, 15) is 15.0 Å². The number of aliphatic hydroxyl groups is 1. The lowest BCUT2D eigenvalue weighted by molar-refractivity contribution is 0.104. The van der Waals surface area contributed by atoms with Crippen molar-refractivity contribution in [2.24, 2.45) is 0 Å². The molecule has 1 aliphatic carbocycles. The molecule has 8 heteroatoms. The second kappa shape index (κ2) is 8.40. The van der Waals surface area contributed by atoms with Gasteiger partial charge >= 0.3 is 6.09 Å². The van der Waals surface area contributed by atoms with E-state index < -0.39 is 6.09 Å². The number of hydrogen-bond donors (Lipinski definition) is 2. The van der Waals surface area contributed by atoms with Crippen molar-refractivity contribution in [3.8, 4) is 11.1 Å². The lowest BCUT2D eigenvalue weighted by Gasteiger charge is -2.40. The average molecular weight is 498 g/mol. The normalized spacial score (nSPS) is 24.4. The summed E-state index contributed by atoms with van der Waals surface area (Å²) in [6.45, 7) is 1.63. The van der Waals surface area contributed by atoms with Crippen LogP contribution < -0.4 is 4.90 Å². The summed E-state index contributed by atoms with van der Waals surface area (Å²) < 4.78 is 1.07. The van der Waals surface area contributed by atoms with Gasteiger partial charge in [-0.2, -0.15) is 0 Å². The lowest BCUT2D eigenvalue weighted by atomic mass is 9.91.